The van der Waals surface area contributed by atoms with E-state index < -0.39 is 10.8 Å². The molecule has 1 aromatic heterocycles. The lowest BCUT2D eigenvalue weighted by Gasteiger charge is -2.20. The van der Waals surface area contributed by atoms with Crippen LogP contribution in [0.15, 0.2) is 70.3 Å². The van der Waals surface area contributed by atoms with Gasteiger partial charge < -0.3 is 4.57 Å². The Labute approximate surface area is 205 Å². The molecule has 0 atom stereocenters. The van der Waals surface area contributed by atoms with Crippen molar-refractivity contribution in [3.8, 4) is 5.69 Å². The molecule has 0 spiro atoms. The molecule has 0 saturated heterocycles. The quantitative estimate of drug-likeness (QED) is 0.318. The minimum atomic E-state index is -0.505. The number of fused-ring (bicyclic) bond motifs is 1. The second kappa shape index (κ2) is 8.48. The van der Waals surface area contributed by atoms with Gasteiger partial charge in [-0.25, -0.2) is 0 Å². The van der Waals surface area contributed by atoms with E-state index in [0.717, 1.165) is 28.1 Å². The van der Waals surface area contributed by atoms with E-state index >= 15 is 0 Å². The van der Waals surface area contributed by atoms with Gasteiger partial charge in [-0.15, -0.1) is 0 Å². The van der Waals surface area contributed by atoms with Crippen LogP contribution in [0.5, 0.6) is 0 Å². The van der Waals surface area contributed by atoms with Gasteiger partial charge >= 0.3 is 0 Å². The van der Waals surface area contributed by atoms with Crippen LogP contribution in [0.4, 0.5) is 5.69 Å². The fraction of sp³-hybridized carbons (Fsp3) is 0.120. The highest BCUT2D eigenvalue weighted by Crippen LogP contribution is 2.32. The number of hydrogen-bond donors (Lipinski definition) is 1. The molecule has 0 bridgehead atoms. The summed E-state index contributed by atoms with van der Waals surface area (Å²) in [6.45, 7) is 5.66. The second-order valence-corrected chi connectivity index (χ2v) is 9.14. The highest BCUT2D eigenvalue weighted by Gasteiger charge is 2.36. The first kappa shape index (κ1) is 22.5. The number of nitro benzene ring substituents is 1. The number of aliphatic imine (C=N–C) groups is 1. The lowest BCUT2D eigenvalue weighted by Crippen LogP contribution is -2.35. The summed E-state index contributed by atoms with van der Waals surface area (Å²) in [5.41, 5.74) is 4.94. The van der Waals surface area contributed by atoms with E-state index in [9.17, 15) is 14.9 Å². The van der Waals surface area contributed by atoms with Gasteiger partial charge in [-0.05, 0) is 55.8 Å². The number of nitrogens with one attached hydrogen (secondary N) is 1. The monoisotopic (exact) mass is 484 g/mol. The Balaban J connectivity index is 1.54. The SMILES string of the molecule is Cc1ccc([N+](=O)[O-])cc1-n1c(C)cc(/C=C2/C(=N)N3N=C(c4ccccc4)SC3=NC2=O)c1C. The zero-order valence-electron chi connectivity index (χ0n) is 19.1. The highest BCUT2D eigenvalue weighted by molar-refractivity contribution is 8.27. The number of hydrogen-bond acceptors (Lipinski definition) is 6. The molecule has 2 aromatic carbocycles. The summed E-state index contributed by atoms with van der Waals surface area (Å²) in [5.74, 6) is -0.552. The Morgan fingerprint density at radius 1 is 1.09 bits per heavy atom. The van der Waals surface area contributed by atoms with Crippen molar-refractivity contribution < 1.29 is 9.72 Å². The average Bonchev–Trinajstić information content (AvgIpc) is 3.38. The summed E-state index contributed by atoms with van der Waals surface area (Å²) in [6, 6.07) is 16.2. The van der Waals surface area contributed by atoms with Crippen LogP contribution in [-0.4, -0.2) is 36.5 Å². The van der Waals surface area contributed by atoms with Gasteiger partial charge in [-0.3, -0.25) is 20.3 Å². The highest BCUT2D eigenvalue weighted by atomic mass is 32.2. The maximum absolute atomic E-state index is 12.9. The van der Waals surface area contributed by atoms with Gasteiger partial charge in [-0.1, -0.05) is 36.4 Å². The average molecular weight is 485 g/mol. The first-order chi connectivity index (χ1) is 16.7. The molecule has 35 heavy (non-hydrogen) atoms. The Hall–Kier alpha value is -4.31. The molecule has 2 aliphatic heterocycles. The third-order valence-corrected chi connectivity index (χ3v) is 6.85. The Kier molecular flexibility index (Phi) is 5.45. The second-order valence-electron chi connectivity index (χ2n) is 8.18. The van der Waals surface area contributed by atoms with E-state index in [4.69, 9.17) is 5.41 Å². The largest absolute Gasteiger partial charge is 0.317 e. The van der Waals surface area contributed by atoms with Crippen LogP contribution in [0, 0.1) is 36.3 Å². The molecule has 9 nitrogen and oxygen atoms in total. The molecule has 1 amide bonds. The van der Waals surface area contributed by atoms with Crippen molar-refractivity contribution in [1.82, 2.24) is 9.58 Å². The van der Waals surface area contributed by atoms with Crippen LogP contribution >= 0.6 is 11.8 Å². The summed E-state index contributed by atoms with van der Waals surface area (Å²) in [5, 5.41) is 26.9. The normalized spacial score (nSPS) is 16.4. The van der Waals surface area contributed by atoms with Gasteiger partial charge in [-0.2, -0.15) is 15.1 Å². The van der Waals surface area contributed by atoms with Crippen LogP contribution in [0.2, 0.25) is 0 Å². The van der Waals surface area contributed by atoms with E-state index in [1.165, 1.54) is 28.9 Å². The van der Waals surface area contributed by atoms with Crippen molar-refractivity contribution in [2.24, 2.45) is 10.1 Å². The zero-order chi connectivity index (χ0) is 24.9. The zero-order valence-corrected chi connectivity index (χ0v) is 20.0. The van der Waals surface area contributed by atoms with E-state index in [-0.39, 0.29) is 17.1 Å². The van der Waals surface area contributed by atoms with Crippen molar-refractivity contribution in [1.29, 1.82) is 5.41 Å². The van der Waals surface area contributed by atoms with Crippen LogP contribution in [0.1, 0.15) is 28.1 Å². The number of carbonyl (C=O) groups is 1. The lowest BCUT2D eigenvalue weighted by molar-refractivity contribution is -0.384. The van der Waals surface area contributed by atoms with Crippen LogP contribution < -0.4 is 0 Å². The number of amidine groups is 2. The number of benzene rings is 2. The molecule has 0 radical (unpaired) electrons. The smallest absolute Gasteiger partial charge is 0.283 e. The molecule has 1 N–H and O–H groups in total. The van der Waals surface area contributed by atoms with E-state index in [0.29, 0.717) is 15.9 Å². The summed E-state index contributed by atoms with van der Waals surface area (Å²) in [6.07, 6.45) is 1.64. The summed E-state index contributed by atoms with van der Waals surface area (Å²) < 4.78 is 1.91. The first-order valence-electron chi connectivity index (χ1n) is 10.7. The van der Waals surface area contributed by atoms with E-state index in [1.807, 2.05) is 61.7 Å². The molecular weight excluding hydrogens is 464 g/mol. The molecule has 0 unspecified atom stereocenters. The predicted molar refractivity (Wildman–Crippen MR) is 137 cm³/mol. The number of thioether (sulfide) groups is 1. The molecule has 3 heterocycles. The standard InChI is InChI=1S/C25H20N6O3S/c1-14-9-10-19(31(33)34)13-21(14)29-15(2)11-18(16(29)3)12-20-22(26)30-25(27-23(20)32)35-24(28-30)17-7-5-4-6-8-17/h4-13,26H,1-3H3/b20-12-,26-22?. The van der Waals surface area contributed by atoms with E-state index in [1.54, 1.807) is 12.1 Å². The molecule has 10 heteroatoms. The maximum atomic E-state index is 12.9. The van der Waals surface area contributed by atoms with Gasteiger partial charge in [0.25, 0.3) is 11.6 Å². The van der Waals surface area contributed by atoms with Gasteiger partial charge in [0.15, 0.2) is 5.84 Å². The van der Waals surface area contributed by atoms with Crippen LogP contribution in [0.3, 0.4) is 0 Å². The number of carbonyl (C=O) groups excluding carboxylic acids is 1. The van der Waals surface area contributed by atoms with Crippen molar-refractivity contribution >= 4 is 45.5 Å². The van der Waals surface area contributed by atoms with Crippen molar-refractivity contribution in [2.75, 3.05) is 0 Å². The van der Waals surface area contributed by atoms with Crippen molar-refractivity contribution in [3.63, 3.8) is 0 Å². The fourth-order valence-corrected chi connectivity index (χ4v) is 5.00. The van der Waals surface area contributed by atoms with Gasteiger partial charge in [0.2, 0.25) is 5.17 Å². The third-order valence-electron chi connectivity index (χ3n) is 5.89. The summed E-state index contributed by atoms with van der Waals surface area (Å²) in [7, 11) is 0. The molecule has 0 fully saturated rings. The molecule has 174 valence electrons. The minimum absolute atomic E-state index is 0.00252. The number of amides is 1. The van der Waals surface area contributed by atoms with Gasteiger partial charge in [0.1, 0.15) is 5.04 Å². The van der Waals surface area contributed by atoms with Crippen molar-refractivity contribution in [2.45, 2.75) is 20.8 Å². The number of aryl methyl sites for hydroxylation is 2. The summed E-state index contributed by atoms with van der Waals surface area (Å²) >= 11 is 1.25. The number of nitro groups is 1. The van der Waals surface area contributed by atoms with E-state index in [2.05, 4.69) is 10.1 Å². The summed E-state index contributed by atoms with van der Waals surface area (Å²) in [4.78, 5) is 27.9. The molecule has 2 aliphatic rings. The number of non-ortho nitro benzene ring substituents is 1. The molecule has 5 rings (SSSR count). The number of rotatable bonds is 4. The third kappa shape index (κ3) is 3.87. The Bertz CT molecular complexity index is 1520. The maximum Gasteiger partial charge on any atom is 0.283 e. The molecular formula is C25H20N6O3S. The lowest BCUT2D eigenvalue weighted by atomic mass is 10.1. The Morgan fingerprint density at radius 3 is 2.54 bits per heavy atom. The predicted octanol–water partition coefficient (Wildman–Crippen LogP) is 4.98. The molecule has 0 saturated carbocycles. The Morgan fingerprint density at radius 2 is 1.83 bits per heavy atom. The molecule has 0 aliphatic carbocycles. The number of hydrazone groups is 1. The molecule has 3 aromatic rings. The van der Waals surface area contributed by atoms with Gasteiger partial charge in [0, 0.05) is 29.1 Å². The number of nitrogens with zero attached hydrogens (tertiary/aromatic N) is 5. The minimum Gasteiger partial charge on any atom is -0.317 e. The van der Waals surface area contributed by atoms with Gasteiger partial charge in [0.05, 0.1) is 16.2 Å². The topological polar surface area (TPSA) is 117 Å². The van der Waals surface area contributed by atoms with Crippen LogP contribution in [-0.2, 0) is 4.79 Å². The fourth-order valence-electron chi connectivity index (χ4n) is 4.10. The van der Waals surface area contributed by atoms with Crippen LogP contribution in [0.25, 0.3) is 11.8 Å². The number of aromatic nitrogens is 1. The van der Waals surface area contributed by atoms with Crippen molar-refractivity contribution in [3.05, 3.63) is 98.4 Å². The first-order valence-corrected chi connectivity index (χ1v) is 11.6.